The largest absolute Gasteiger partial charge is 0.492 e. The number of benzene rings is 1. The Hall–Kier alpha value is -0.830. The van der Waals surface area contributed by atoms with Crippen LogP contribution in [-0.4, -0.2) is 12.4 Å². The van der Waals surface area contributed by atoms with Crippen LogP contribution >= 0.6 is 15.9 Å². The summed E-state index contributed by atoms with van der Waals surface area (Å²) in [7, 11) is 0. The highest BCUT2D eigenvalue weighted by atomic mass is 79.9. The summed E-state index contributed by atoms with van der Waals surface area (Å²) < 4.78 is 6.38. The Morgan fingerprint density at radius 3 is 2.47 bits per heavy atom. The van der Waals surface area contributed by atoms with Gasteiger partial charge in [0.1, 0.15) is 5.75 Å². The molecule has 0 unspecified atom stereocenters. The summed E-state index contributed by atoms with van der Waals surface area (Å²) in [6.07, 6.45) is 0.967. The third-order valence-electron chi connectivity index (χ3n) is 2.34. The van der Waals surface area contributed by atoms with E-state index >= 15 is 0 Å². The molecule has 0 fully saturated rings. The van der Waals surface area contributed by atoms with Gasteiger partial charge in [0.05, 0.1) is 11.1 Å². The first kappa shape index (κ1) is 14.2. The lowest BCUT2D eigenvalue weighted by Gasteiger charge is -2.17. The zero-order valence-corrected chi connectivity index (χ0v) is 12.4. The van der Waals surface area contributed by atoms with Crippen LogP contribution in [0.15, 0.2) is 22.7 Å². The predicted octanol–water partition coefficient (Wildman–Crippen LogP) is 4.47. The van der Waals surface area contributed by atoms with Crippen molar-refractivity contribution in [2.24, 2.45) is 5.41 Å². The summed E-state index contributed by atoms with van der Waals surface area (Å²) >= 11 is 3.44. The number of hydrogen-bond acceptors (Lipinski definition) is 2. The molecule has 1 aromatic carbocycles. The van der Waals surface area contributed by atoms with Crippen LogP contribution in [0.4, 0.5) is 0 Å². The average Bonchev–Trinajstić information content (AvgIpc) is 2.25. The van der Waals surface area contributed by atoms with E-state index in [1.807, 2.05) is 39.0 Å². The van der Waals surface area contributed by atoms with Crippen LogP contribution in [0.25, 0.3) is 0 Å². The third-order valence-corrected chi connectivity index (χ3v) is 2.96. The van der Waals surface area contributed by atoms with Crippen LogP contribution < -0.4 is 4.74 Å². The average molecular weight is 299 g/mol. The van der Waals surface area contributed by atoms with E-state index in [1.54, 1.807) is 0 Å². The van der Waals surface area contributed by atoms with Crippen LogP contribution in [0.2, 0.25) is 0 Å². The second-order valence-electron chi connectivity index (χ2n) is 5.07. The first-order chi connectivity index (χ1) is 7.86. The van der Waals surface area contributed by atoms with Crippen LogP contribution in [0, 0.1) is 5.41 Å². The number of carbonyl (C=O) groups excluding carboxylic acids is 1. The Morgan fingerprint density at radius 2 is 2.00 bits per heavy atom. The minimum absolute atomic E-state index is 0.139. The summed E-state index contributed by atoms with van der Waals surface area (Å²) in [5, 5.41) is 0. The fraction of sp³-hybridized carbons (Fsp3) is 0.500. The standard InChI is InChI=1S/C14H19BrO2/c1-5-8-17-12-7-6-10(9-11(12)15)13(16)14(2,3)4/h6-7,9H,5,8H2,1-4H3. The van der Waals surface area contributed by atoms with Crippen LogP contribution in [0.5, 0.6) is 5.75 Å². The number of hydrogen-bond donors (Lipinski definition) is 0. The summed E-state index contributed by atoms with van der Waals surface area (Å²) in [5.74, 6) is 0.928. The molecule has 0 amide bonds. The van der Waals surface area contributed by atoms with E-state index < -0.39 is 0 Å². The van der Waals surface area contributed by atoms with Gasteiger partial charge in [-0.05, 0) is 40.5 Å². The Bertz CT molecular complexity index is 405. The molecule has 0 N–H and O–H groups in total. The first-order valence-corrected chi connectivity index (χ1v) is 6.62. The van der Waals surface area contributed by atoms with Gasteiger partial charge in [0.15, 0.2) is 5.78 Å². The summed E-state index contributed by atoms with van der Waals surface area (Å²) in [5.41, 5.74) is 0.360. The minimum atomic E-state index is -0.356. The lowest BCUT2D eigenvalue weighted by Crippen LogP contribution is -2.20. The van der Waals surface area contributed by atoms with Gasteiger partial charge in [-0.3, -0.25) is 4.79 Å². The van der Waals surface area contributed by atoms with E-state index in [2.05, 4.69) is 22.9 Å². The smallest absolute Gasteiger partial charge is 0.168 e. The zero-order valence-electron chi connectivity index (χ0n) is 10.8. The molecule has 0 aliphatic heterocycles. The number of carbonyl (C=O) groups is 1. The molecular formula is C14H19BrO2. The second-order valence-corrected chi connectivity index (χ2v) is 5.93. The molecule has 0 radical (unpaired) electrons. The topological polar surface area (TPSA) is 26.3 Å². The normalized spacial score (nSPS) is 11.4. The van der Waals surface area contributed by atoms with Crippen LogP contribution in [0.1, 0.15) is 44.5 Å². The predicted molar refractivity (Wildman–Crippen MR) is 73.7 cm³/mol. The number of ketones is 1. The van der Waals surface area contributed by atoms with E-state index in [9.17, 15) is 4.79 Å². The summed E-state index contributed by atoms with van der Waals surface area (Å²) in [6.45, 7) is 8.51. The van der Waals surface area contributed by atoms with Gasteiger partial charge in [-0.1, -0.05) is 27.7 Å². The Kier molecular flexibility index (Phi) is 4.75. The highest BCUT2D eigenvalue weighted by molar-refractivity contribution is 9.10. The van der Waals surface area contributed by atoms with E-state index in [4.69, 9.17) is 4.74 Å². The number of rotatable bonds is 4. The zero-order chi connectivity index (χ0) is 13.1. The second kappa shape index (κ2) is 5.67. The molecule has 0 atom stereocenters. The van der Waals surface area contributed by atoms with Gasteiger partial charge >= 0.3 is 0 Å². The lowest BCUT2D eigenvalue weighted by atomic mass is 9.86. The lowest BCUT2D eigenvalue weighted by molar-refractivity contribution is 0.0858. The molecule has 2 nitrogen and oxygen atoms in total. The molecule has 3 heteroatoms. The van der Waals surface area contributed by atoms with Gasteiger partial charge in [-0.25, -0.2) is 0 Å². The maximum atomic E-state index is 12.1. The number of ether oxygens (including phenoxy) is 1. The molecule has 0 saturated carbocycles. The Balaban J connectivity index is 2.93. The van der Waals surface area contributed by atoms with Crippen molar-refractivity contribution in [2.75, 3.05) is 6.61 Å². The van der Waals surface area contributed by atoms with Gasteiger partial charge in [0, 0.05) is 11.0 Å². The molecular weight excluding hydrogens is 280 g/mol. The van der Waals surface area contributed by atoms with E-state index in [-0.39, 0.29) is 11.2 Å². The fourth-order valence-corrected chi connectivity index (χ4v) is 1.90. The van der Waals surface area contributed by atoms with Gasteiger partial charge in [0.2, 0.25) is 0 Å². The van der Waals surface area contributed by atoms with E-state index in [1.165, 1.54) is 0 Å². The Morgan fingerprint density at radius 1 is 1.35 bits per heavy atom. The SMILES string of the molecule is CCCOc1ccc(C(=O)C(C)(C)C)cc1Br. The molecule has 0 aromatic heterocycles. The molecule has 0 aliphatic rings. The highest BCUT2D eigenvalue weighted by Gasteiger charge is 2.23. The molecule has 0 heterocycles. The highest BCUT2D eigenvalue weighted by Crippen LogP contribution is 2.29. The summed E-state index contributed by atoms with van der Waals surface area (Å²) in [6, 6.07) is 5.50. The monoisotopic (exact) mass is 298 g/mol. The van der Waals surface area contributed by atoms with Crippen molar-refractivity contribution in [2.45, 2.75) is 34.1 Å². The van der Waals surface area contributed by atoms with Crippen molar-refractivity contribution >= 4 is 21.7 Å². The van der Waals surface area contributed by atoms with Gasteiger partial charge in [-0.2, -0.15) is 0 Å². The number of Topliss-reactive ketones (excluding diaryl/α,β-unsaturated/α-hetero) is 1. The first-order valence-electron chi connectivity index (χ1n) is 5.83. The van der Waals surface area contributed by atoms with E-state index in [0.29, 0.717) is 12.2 Å². The molecule has 0 spiro atoms. The van der Waals surface area contributed by atoms with Crippen molar-refractivity contribution in [1.82, 2.24) is 0 Å². The van der Waals surface area contributed by atoms with Crippen molar-refractivity contribution in [3.05, 3.63) is 28.2 Å². The maximum Gasteiger partial charge on any atom is 0.168 e. The summed E-state index contributed by atoms with van der Waals surface area (Å²) in [4.78, 5) is 12.1. The molecule has 1 aromatic rings. The van der Waals surface area contributed by atoms with Crippen LogP contribution in [0.3, 0.4) is 0 Å². The quantitative estimate of drug-likeness (QED) is 0.767. The van der Waals surface area contributed by atoms with Gasteiger partial charge in [0.25, 0.3) is 0 Å². The van der Waals surface area contributed by atoms with Crippen molar-refractivity contribution < 1.29 is 9.53 Å². The molecule has 17 heavy (non-hydrogen) atoms. The molecule has 1 rings (SSSR count). The van der Waals surface area contributed by atoms with Crippen molar-refractivity contribution in [3.63, 3.8) is 0 Å². The van der Waals surface area contributed by atoms with Crippen molar-refractivity contribution in [3.8, 4) is 5.75 Å². The third kappa shape index (κ3) is 3.84. The molecule has 0 aliphatic carbocycles. The molecule has 0 saturated heterocycles. The fourth-order valence-electron chi connectivity index (χ4n) is 1.40. The van der Waals surface area contributed by atoms with Crippen LogP contribution in [-0.2, 0) is 0 Å². The molecule has 94 valence electrons. The van der Waals surface area contributed by atoms with Gasteiger partial charge < -0.3 is 4.74 Å². The maximum absolute atomic E-state index is 12.1. The van der Waals surface area contributed by atoms with E-state index in [0.717, 1.165) is 16.6 Å². The van der Waals surface area contributed by atoms with Gasteiger partial charge in [-0.15, -0.1) is 0 Å². The minimum Gasteiger partial charge on any atom is -0.492 e. The van der Waals surface area contributed by atoms with Crippen molar-refractivity contribution in [1.29, 1.82) is 0 Å². The molecule has 0 bridgehead atoms. The number of halogens is 1. The Labute approximate surface area is 111 Å².